The third-order valence-electron chi connectivity index (χ3n) is 3.28. The minimum Gasteiger partial charge on any atom is -0.489 e. The maximum absolute atomic E-state index is 11.5. The van der Waals surface area contributed by atoms with Crippen LogP contribution >= 0.6 is 15.9 Å². The lowest BCUT2D eigenvalue weighted by Gasteiger charge is -2.13. The largest absolute Gasteiger partial charge is 0.489 e. The van der Waals surface area contributed by atoms with Gasteiger partial charge in [0.15, 0.2) is 0 Å². The van der Waals surface area contributed by atoms with Gasteiger partial charge in [0.1, 0.15) is 12.4 Å². The molecule has 2 rings (SSSR count). The summed E-state index contributed by atoms with van der Waals surface area (Å²) in [5.41, 5.74) is 2.41. The van der Waals surface area contributed by atoms with Crippen LogP contribution in [0.15, 0.2) is 45.8 Å². The van der Waals surface area contributed by atoms with Crippen LogP contribution < -0.4 is 9.88 Å². The standard InChI is InChI=1S/C15H16BrNO3S/c1-10-11(2)15(21(17,18)19)7-6-14(10)20-9-12-4-3-5-13(16)8-12/h3-8H,9H2,1-2H3,(H2,17,18,19). The molecule has 0 bridgehead atoms. The fraction of sp³-hybridized carbons (Fsp3) is 0.200. The second kappa shape index (κ2) is 6.17. The molecule has 112 valence electrons. The summed E-state index contributed by atoms with van der Waals surface area (Å²) in [7, 11) is -3.71. The molecule has 6 heteroatoms. The van der Waals surface area contributed by atoms with Gasteiger partial charge in [-0.05, 0) is 54.8 Å². The van der Waals surface area contributed by atoms with E-state index in [0.717, 1.165) is 15.6 Å². The minimum atomic E-state index is -3.71. The van der Waals surface area contributed by atoms with Gasteiger partial charge in [-0.2, -0.15) is 0 Å². The summed E-state index contributed by atoms with van der Waals surface area (Å²) in [4.78, 5) is 0.134. The Morgan fingerprint density at radius 2 is 1.86 bits per heavy atom. The molecule has 0 aliphatic heterocycles. The van der Waals surface area contributed by atoms with Gasteiger partial charge in [0.25, 0.3) is 0 Å². The van der Waals surface area contributed by atoms with E-state index >= 15 is 0 Å². The van der Waals surface area contributed by atoms with Crippen LogP contribution in [0.2, 0.25) is 0 Å². The van der Waals surface area contributed by atoms with Crippen molar-refractivity contribution in [2.24, 2.45) is 5.14 Å². The van der Waals surface area contributed by atoms with Gasteiger partial charge in [0, 0.05) is 4.47 Å². The van der Waals surface area contributed by atoms with Crippen LogP contribution in [0, 0.1) is 13.8 Å². The van der Waals surface area contributed by atoms with Gasteiger partial charge >= 0.3 is 0 Å². The van der Waals surface area contributed by atoms with Gasteiger partial charge in [-0.15, -0.1) is 0 Å². The molecule has 0 unspecified atom stereocenters. The number of hydrogen-bond acceptors (Lipinski definition) is 3. The molecule has 0 fully saturated rings. The Bertz CT molecular complexity index is 772. The van der Waals surface area contributed by atoms with Crippen molar-refractivity contribution in [2.75, 3.05) is 0 Å². The van der Waals surface area contributed by atoms with E-state index in [1.807, 2.05) is 31.2 Å². The number of ether oxygens (including phenoxy) is 1. The fourth-order valence-corrected chi connectivity index (χ4v) is 3.31. The molecule has 0 aliphatic carbocycles. The highest BCUT2D eigenvalue weighted by atomic mass is 79.9. The Kier molecular flexibility index (Phi) is 4.70. The minimum absolute atomic E-state index is 0.134. The smallest absolute Gasteiger partial charge is 0.238 e. The van der Waals surface area contributed by atoms with Crippen molar-refractivity contribution >= 4 is 26.0 Å². The molecule has 0 heterocycles. The summed E-state index contributed by atoms with van der Waals surface area (Å²) < 4.78 is 29.7. The molecule has 2 N–H and O–H groups in total. The van der Waals surface area contributed by atoms with Crippen molar-refractivity contribution in [3.63, 3.8) is 0 Å². The topological polar surface area (TPSA) is 69.4 Å². The first-order valence-corrected chi connectivity index (χ1v) is 8.63. The molecular formula is C15H16BrNO3S. The van der Waals surface area contributed by atoms with Crippen LogP contribution in [-0.2, 0) is 16.6 Å². The van der Waals surface area contributed by atoms with Crippen molar-refractivity contribution in [1.29, 1.82) is 0 Å². The molecular weight excluding hydrogens is 354 g/mol. The first-order valence-electron chi connectivity index (χ1n) is 6.29. The van der Waals surface area contributed by atoms with E-state index in [-0.39, 0.29) is 4.90 Å². The average Bonchev–Trinajstić information content (AvgIpc) is 2.39. The monoisotopic (exact) mass is 369 g/mol. The number of primary sulfonamides is 1. The Hall–Kier alpha value is -1.37. The van der Waals surface area contributed by atoms with Crippen LogP contribution in [0.3, 0.4) is 0 Å². The number of hydrogen-bond donors (Lipinski definition) is 1. The quantitative estimate of drug-likeness (QED) is 0.898. The van der Waals surface area contributed by atoms with E-state index < -0.39 is 10.0 Å². The first kappa shape index (κ1) is 16.0. The Balaban J connectivity index is 2.24. The molecule has 0 amide bonds. The van der Waals surface area contributed by atoms with Crippen molar-refractivity contribution in [3.05, 3.63) is 57.6 Å². The fourth-order valence-electron chi connectivity index (χ4n) is 2.02. The van der Waals surface area contributed by atoms with Crippen molar-refractivity contribution in [1.82, 2.24) is 0 Å². The molecule has 21 heavy (non-hydrogen) atoms. The summed E-state index contributed by atoms with van der Waals surface area (Å²) >= 11 is 3.41. The van der Waals surface area contributed by atoms with Gasteiger partial charge in [-0.25, -0.2) is 13.6 Å². The summed E-state index contributed by atoms with van der Waals surface area (Å²) in [5.74, 6) is 0.653. The predicted molar refractivity (Wildman–Crippen MR) is 85.8 cm³/mol. The lowest BCUT2D eigenvalue weighted by Crippen LogP contribution is -2.14. The van der Waals surface area contributed by atoms with E-state index in [1.54, 1.807) is 13.0 Å². The number of halogens is 1. The maximum Gasteiger partial charge on any atom is 0.238 e. The molecule has 0 atom stereocenters. The average molecular weight is 370 g/mol. The van der Waals surface area contributed by atoms with Gasteiger partial charge in [0.2, 0.25) is 10.0 Å². The van der Waals surface area contributed by atoms with Crippen LogP contribution in [0.1, 0.15) is 16.7 Å². The van der Waals surface area contributed by atoms with Gasteiger partial charge < -0.3 is 4.74 Å². The van der Waals surface area contributed by atoms with Gasteiger partial charge in [0.05, 0.1) is 4.90 Å². The summed E-state index contributed by atoms with van der Waals surface area (Å²) in [5, 5.41) is 5.18. The summed E-state index contributed by atoms with van der Waals surface area (Å²) in [6.45, 7) is 3.95. The highest BCUT2D eigenvalue weighted by Gasteiger charge is 2.15. The van der Waals surface area contributed by atoms with Crippen molar-refractivity contribution in [2.45, 2.75) is 25.3 Å². The molecule has 0 saturated heterocycles. The molecule has 0 radical (unpaired) electrons. The number of benzene rings is 2. The first-order chi connectivity index (χ1) is 9.79. The number of rotatable bonds is 4. The predicted octanol–water partition coefficient (Wildman–Crippen LogP) is 3.29. The zero-order valence-corrected chi connectivity index (χ0v) is 14.2. The molecule has 0 spiro atoms. The highest BCUT2D eigenvalue weighted by Crippen LogP contribution is 2.27. The van der Waals surface area contributed by atoms with Gasteiger partial charge in [-0.3, -0.25) is 0 Å². The second-order valence-electron chi connectivity index (χ2n) is 4.78. The molecule has 0 aliphatic rings. The molecule has 4 nitrogen and oxygen atoms in total. The Labute approximate surface area is 133 Å². The Morgan fingerprint density at radius 1 is 1.14 bits per heavy atom. The lowest BCUT2D eigenvalue weighted by atomic mass is 10.1. The van der Waals surface area contributed by atoms with E-state index in [4.69, 9.17) is 9.88 Å². The zero-order chi connectivity index (χ0) is 15.6. The molecule has 2 aromatic carbocycles. The second-order valence-corrected chi connectivity index (χ2v) is 7.22. The van der Waals surface area contributed by atoms with Crippen LogP contribution in [0.25, 0.3) is 0 Å². The van der Waals surface area contributed by atoms with Crippen LogP contribution in [0.5, 0.6) is 5.75 Å². The SMILES string of the molecule is Cc1c(OCc2cccc(Br)c2)ccc(S(N)(=O)=O)c1C. The zero-order valence-electron chi connectivity index (χ0n) is 11.8. The van der Waals surface area contributed by atoms with E-state index in [1.165, 1.54) is 6.07 Å². The number of sulfonamides is 1. The lowest BCUT2D eigenvalue weighted by molar-refractivity contribution is 0.303. The van der Waals surface area contributed by atoms with E-state index in [9.17, 15) is 8.42 Å². The van der Waals surface area contributed by atoms with Gasteiger partial charge in [-0.1, -0.05) is 28.1 Å². The third kappa shape index (κ3) is 3.84. The Morgan fingerprint density at radius 3 is 2.48 bits per heavy atom. The van der Waals surface area contributed by atoms with Crippen LogP contribution in [0.4, 0.5) is 0 Å². The van der Waals surface area contributed by atoms with Crippen LogP contribution in [-0.4, -0.2) is 8.42 Å². The van der Waals surface area contributed by atoms with Crippen molar-refractivity contribution < 1.29 is 13.2 Å². The molecule has 2 aromatic rings. The highest BCUT2D eigenvalue weighted by molar-refractivity contribution is 9.10. The normalized spacial score (nSPS) is 11.4. The van der Waals surface area contributed by atoms with E-state index in [2.05, 4.69) is 15.9 Å². The molecule has 0 aromatic heterocycles. The van der Waals surface area contributed by atoms with Crippen molar-refractivity contribution in [3.8, 4) is 5.75 Å². The summed E-state index contributed by atoms with van der Waals surface area (Å²) in [6, 6.07) is 10.9. The summed E-state index contributed by atoms with van der Waals surface area (Å²) in [6.07, 6.45) is 0. The molecule has 0 saturated carbocycles. The number of nitrogens with two attached hydrogens (primary N) is 1. The van der Waals surface area contributed by atoms with E-state index in [0.29, 0.717) is 17.9 Å². The maximum atomic E-state index is 11.5. The third-order valence-corrected chi connectivity index (χ3v) is 4.83.